The zero-order valence-corrected chi connectivity index (χ0v) is 9.68. The number of nitro groups is 1. The normalized spacial score (nSPS) is 13.1. The number of halogens is 1. The molecule has 1 aromatic carbocycles. The number of nitro benzene ring substituents is 1. The van der Waals surface area contributed by atoms with Crippen LogP contribution in [0.3, 0.4) is 0 Å². The van der Waals surface area contributed by atoms with Crippen LogP contribution < -0.4 is 0 Å². The molecule has 0 heterocycles. The summed E-state index contributed by atoms with van der Waals surface area (Å²) in [5, 5.41) is 7.13. The largest absolute Gasteiger partial charge is 0.285 e. The van der Waals surface area contributed by atoms with Crippen LogP contribution in [0.2, 0.25) is 0 Å². The van der Waals surface area contributed by atoms with Gasteiger partial charge in [-0.2, -0.15) is 8.42 Å². The van der Waals surface area contributed by atoms with E-state index in [9.17, 15) is 23.3 Å². The molecule has 0 aliphatic heterocycles. The van der Waals surface area contributed by atoms with Crippen molar-refractivity contribution in [3.8, 4) is 0 Å². The maximum Gasteiger partial charge on any atom is 0.280 e. The first-order valence-electron chi connectivity index (χ1n) is 4.13. The Kier molecular flexibility index (Phi) is 3.81. The van der Waals surface area contributed by atoms with Gasteiger partial charge in [0.2, 0.25) is 5.24 Å². The van der Waals surface area contributed by atoms with Gasteiger partial charge >= 0.3 is 0 Å². The lowest BCUT2D eigenvalue weighted by Crippen LogP contribution is -2.17. The molecule has 9 heteroatoms. The van der Waals surface area contributed by atoms with Gasteiger partial charge in [-0.3, -0.25) is 19.5 Å². The van der Waals surface area contributed by atoms with E-state index >= 15 is 0 Å². The third-order valence-electron chi connectivity index (χ3n) is 1.91. The number of nitrogens with zero attached hydrogens (tertiary/aromatic N) is 1. The number of hydrogen-bond acceptors (Lipinski definition) is 5. The van der Waals surface area contributed by atoms with Gasteiger partial charge in [0.15, 0.2) is 5.25 Å². The maximum atomic E-state index is 10.9. The van der Waals surface area contributed by atoms with Crippen LogP contribution in [0.25, 0.3) is 0 Å². The minimum Gasteiger partial charge on any atom is -0.285 e. The summed E-state index contributed by atoms with van der Waals surface area (Å²) in [4.78, 5) is 20.6. The summed E-state index contributed by atoms with van der Waals surface area (Å²) in [6.45, 7) is 0. The summed E-state index contributed by atoms with van der Waals surface area (Å²) in [6, 6.07) is 4.09. The van der Waals surface area contributed by atoms with Crippen molar-refractivity contribution in [2.45, 2.75) is 5.25 Å². The third kappa shape index (κ3) is 3.22. The van der Waals surface area contributed by atoms with Crippen LogP contribution in [0, 0.1) is 10.1 Å². The monoisotopic (exact) mass is 279 g/mol. The van der Waals surface area contributed by atoms with Crippen LogP contribution in [0.1, 0.15) is 10.8 Å². The smallest absolute Gasteiger partial charge is 0.280 e. The van der Waals surface area contributed by atoms with E-state index in [1.807, 2.05) is 0 Å². The molecular formula is C8H6ClNO6S. The maximum absolute atomic E-state index is 10.9. The van der Waals surface area contributed by atoms with E-state index in [-0.39, 0.29) is 11.3 Å². The van der Waals surface area contributed by atoms with E-state index < -0.39 is 25.5 Å². The summed E-state index contributed by atoms with van der Waals surface area (Å²) in [5.41, 5.74) is -0.414. The van der Waals surface area contributed by atoms with Gasteiger partial charge in [-0.15, -0.1) is 0 Å². The molecule has 1 N–H and O–H groups in total. The average Bonchev–Trinajstić information content (AvgIpc) is 2.15. The molecule has 0 aliphatic rings. The van der Waals surface area contributed by atoms with Crippen LogP contribution >= 0.6 is 11.6 Å². The topological polar surface area (TPSA) is 115 Å². The molecular weight excluding hydrogens is 274 g/mol. The minimum absolute atomic E-state index is 0.141. The van der Waals surface area contributed by atoms with Crippen molar-refractivity contribution in [1.82, 2.24) is 0 Å². The quantitative estimate of drug-likeness (QED) is 0.384. The van der Waals surface area contributed by atoms with Crippen molar-refractivity contribution in [3.63, 3.8) is 0 Å². The Bertz CT molecular complexity index is 552. The molecule has 1 rings (SSSR count). The predicted molar refractivity (Wildman–Crippen MR) is 58.2 cm³/mol. The molecule has 0 fully saturated rings. The van der Waals surface area contributed by atoms with Crippen LogP contribution in [0.4, 0.5) is 5.69 Å². The highest BCUT2D eigenvalue weighted by Gasteiger charge is 2.31. The SMILES string of the molecule is O=C(Cl)C(c1ccc([N+](=O)[O-])cc1)S(=O)(=O)O. The lowest BCUT2D eigenvalue weighted by atomic mass is 10.1. The molecule has 0 aromatic heterocycles. The number of carbonyl (C=O) groups is 1. The zero-order chi connectivity index (χ0) is 13.2. The summed E-state index contributed by atoms with van der Waals surface area (Å²) in [6.07, 6.45) is 0. The Morgan fingerprint density at radius 3 is 2.12 bits per heavy atom. The van der Waals surface area contributed by atoms with Crippen LogP contribution in [0.15, 0.2) is 24.3 Å². The fraction of sp³-hybridized carbons (Fsp3) is 0.125. The Balaban J connectivity index is 3.22. The average molecular weight is 280 g/mol. The van der Waals surface area contributed by atoms with Crippen molar-refractivity contribution >= 4 is 32.6 Å². The van der Waals surface area contributed by atoms with Gasteiger partial charge in [-0.1, -0.05) is 12.1 Å². The Labute approximate surface area is 101 Å². The van der Waals surface area contributed by atoms with Crippen molar-refractivity contribution in [2.75, 3.05) is 0 Å². The van der Waals surface area contributed by atoms with Crippen LogP contribution in [-0.2, 0) is 14.9 Å². The van der Waals surface area contributed by atoms with Gasteiger partial charge in [0.05, 0.1) is 4.92 Å². The van der Waals surface area contributed by atoms with E-state index in [0.717, 1.165) is 24.3 Å². The second kappa shape index (κ2) is 4.78. The number of rotatable bonds is 4. The Morgan fingerprint density at radius 1 is 1.35 bits per heavy atom. The lowest BCUT2D eigenvalue weighted by molar-refractivity contribution is -0.384. The number of non-ortho nitro benzene ring substituents is 1. The molecule has 7 nitrogen and oxygen atoms in total. The van der Waals surface area contributed by atoms with Crippen LogP contribution in [0.5, 0.6) is 0 Å². The third-order valence-corrected chi connectivity index (χ3v) is 3.34. The molecule has 17 heavy (non-hydrogen) atoms. The molecule has 1 atom stereocenters. The molecule has 0 aliphatic carbocycles. The van der Waals surface area contributed by atoms with Crippen molar-refractivity contribution in [3.05, 3.63) is 39.9 Å². The molecule has 0 spiro atoms. The minimum atomic E-state index is -4.70. The fourth-order valence-electron chi connectivity index (χ4n) is 1.19. The highest BCUT2D eigenvalue weighted by atomic mass is 35.5. The lowest BCUT2D eigenvalue weighted by Gasteiger charge is -2.08. The first kappa shape index (κ1) is 13.6. The van der Waals surface area contributed by atoms with Crippen molar-refractivity contribution in [2.24, 2.45) is 0 Å². The molecule has 0 amide bonds. The summed E-state index contributed by atoms with van der Waals surface area (Å²) >= 11 is 5.05. The molecule has 92 valence electrons. The summed E-state index contributed by atoms with van der Waals surface area (Å²) in [7, 11) is -4.70. The predicted octanol–water partition coefficient (Wildman–Crippen LogP) is 1.29. The second-order valence-corrected chi connectivity index (χ2v) is 4.92. The van der Waals surface area contributed by atoms with Gasteiger partial charge in [0, 0.05) is 12.1 Å². The van der Waals surface area contributed by atoms with Gasteiger partial charge in [-0.05, 0) is 17.2 Å². The fourth-order valence-corrected chi connectivity index (χ4v) is 2.39. The first-order chi connectivity index (χ1) is 7.73. The van der Waals surface area contributed by atoms with Gasteiger partial charge in [-0.25, -0.2) is 0 Å². The molecule has 1 unspecified atom stereocenters. The Morgan fingerprint density at radius 2 is 1.82 bits per heavy atom. The number of carbonyl (C=O) groups excluding carboxylic acids is 1. The molecule has 0 saturated heterocycles. The van der Waals surface area contributed by atoms with Crippen molar-refractivity contribution in [1.29, 1.82) is 0 Å². The zero-order valence-electron chi connectivity index (χ0n) is 8.11. The van der Waals surface area contributed by atoms with Crippen molar-refractivity contribution < 1.29 is 22.7 Å². The molecule has 0 saturated carbocycles. The van der Waals surface area contributed by atoms with Crippen LogP contribution in [-0.4, -0.2) is 23.1 Å². The van der Waals surface area contributed by atoms with E-state index in [0.29, 0.717) is 0 Å². The van der Waals surface area contributed by atoms with Gasteiger partial charge in [0.25, 0.3) is 15.8 Å². The van der Waals surface area contributed by atoms with E-state index in [1.54, 1.807) is 0 Å². The van der Waals surface area contributed by atoms with E-state index in [1.165, 1.54) is 0 Å². The highest BCUT2D eigenvalue weighted by Crippen LogP contribution is 2.25. The number of hydrogen-bond donors (Lipinski definition) is 1. The number of benzene rings is 1. The highest BCUT2D eigenvalue weighted by molar-refractivity contribution is 7.87. The Hall–Kier alpha value is -1.51. The van der Waals surface area contributed by atoms with E-state index in [4.69, 9.17) is 16.2 Å². The standard InChI is InChI=1S/C8H6ClNO6S/c9-8(11)7(17(14,15)16)5-1-3-6(4-2-5)10(12)13/h1-4,7H,(H,14,15,16). The molecule has 1 aromatic rings. The summed E-state index contributed by atoms with van der Waals surface area (Å²) < 4.78 is 30.6. The van der Waals surface area contributed by atoms with Gasteiger partial charge < -0.3 is 0 Å². The first-order valence-corrected chi connectivity index (χ1v) is 6.01. The van der Waals surface area contributed by atoms with E-state index in [2.05, 4.69) is 0 Å². The molecule has 0 bridgehead atoms. The molecule has 0 radical (unpaired) electrons. The second-order valence-electron chi connectivity index (χ2n) is 3.05. The summed E-state index contributed by atoms with van der Waals surface area (Å²) in [5.74, 6) is 0. The van der Waals surface area contributed by atoms with Gasteiger partial charge in [0.1, 0.15) is 0 Å².